The van der Waals surface area contributed by atoms with Gasteiger partial charge in [0.25, 0.3) is 0 Å². The van der Waals surface area contributed by atoms with Gasteiger partial charge in [0.05, 0.1) is 16.3 Å². The molecule has 0 bridgehead atoms. The van der Waals surface area contributed by atoms with Crippen LogP contribution in [-0.2, 0) is 19.6 Å². The summed E-state index contributed by atoms with van der Waals surface area (Å²) in [6, 6.07) is 7.40. The summed E-state index contributed by atoms with van der Waals surface area (Å²) in [4.78, 5) is 27.7. The molecule has 0 radical (unpaired) electrons. The molecule has 2 aliphatic rings. The number of halogens is 2. The van der Waals surface area contributed by atoms with Crippen molar-refractivity contribution in [2.75, 3.05) is 29.9 Å². The molecule has 34 heavy (non-hydrogen) atoms. The van der Waals surface area contributed by atoms with Crippen molar-refractivity contribution >= 4 is 45.0 Å². The number of rotatable bonds is 5. The van der Waals surface area contributed by atoms with Gasteiger partial charge < -0.3 is 10.2 Å². The standard InChI is InChI=1S/C23H25F2N3O4S2/c1-15-11-23(30)28(14-22(29)26-19-7-5-16(24)12-18(19)25)20-13-17(6-8-21(20)33-15)34(31,32)27-9-3-2-4-10-27/h5-8,12-13,15H,2-4,9-11,14H2,1H3,(H,26,29)/t15-/m1/s1. The monoisotopic (exact) mass is 509 g/mol. The molecule has 1 atom stereocenters. The van der Waals surface area contributed by atoms with Crippen molar-refractivity contribution in [2.24, 2.45) is 0 Å². The Morgan fingerprint density at radius 3 is 2.56 bits per heavy atom. The average molecular weight is 510 g/mol. The highest BCUT2D eigenvalue weighted by Crippen LogP contribution is 2.39. The highest BCUT2D eigenvalue weighted by molar-refractivity contribution is 8.00. The van der Waals surface area contributed by atoms with Gasteiger partial charge in [0.1, 0.15) is 18.2 Å². The number of carbonyl (C=O) groups is 2. The van der Waals surface area contributed by atoms with E-state index in [1.54, 1.807) is 6.07 Å². The smallest absolute Gasteiger partial charge is 0.244 e. The SMILES string of the molecule is C[C@@H]1CC(=O)N(CC(=O)Nc2ccc(F)cc2F)c2cc(S(=O)(=O)N3CCCCC3)ccc2S1. The van der Waals surface area contributed by atoms with E-state index in [9.17, 15) is 26.8 Å². The van der Waals surface area contributed by atoms with Gasteiger partial charge in [0.2, 0.25) is 21.8 Å². The van der Waals surface area contributed by atoms with Crippen LogP contribution in [0, 0.1) is 11.6 Å². The van der Waals surface area contributed by atoms with Gasteiger partial charge in [0.15, 0.2) is 0 Å². The summed E-state index contributed by atoms with van der Waals surface area (Å²) in [5.74, 6) is -2.75. The molecule has 2 heterocycles. The molecular weight excluding hydrogens is 484 g/mol. The van der Waals surface area contributed by atoms with Crippen LogP contribution in [0.1, 0.15) is 32.6 Å². The molecule has 0 spiro atoms. The maximum atomic E-state index is 14.0. The van der Waals surface area contributed by atoms with E-state index in [0.29, 0.717) is 29.7 Å². The van der Waals surface area contributed by atoms with Crippen LogP contribution in [0.3, 0.4) is 0 Å². The van der Waals surface area contributed by atoms with Gasteiger partial charge >= 0.3 is 0 Å². The van der Waals surface area contributed by atoms with E-state index in [2.05, 4.69) is 5.32 Å². The van der Waals surface area contributed by atoms with Crippen LogP contribution in [0.25, 0.3) is 0 Å². The predicted molar refractivity (Wildman–Crippen MR) is 126 cm³/mol. The summed E-state index contributed by atoms with van der Waals surface area (Å²) in [5.41, 5.74) is 0.116. The number of carbonyl (C=O) groups excluding carboxylic acids is 2. The van der Waals surface area contributed by atoms with Crippen molar-refractivity contribution in [3.05, 3.63) is 48.0 Å². The molecule has 11 heteroatoms. The van der Waals surface area contributed by atoms with Crippen LogP contribution in [-0.4, -0.2) is 49.4 Å². The third-order valence-electron chi connectivity index (χ3n) is 5.77. The van der Waals surface area contributed by atoms with Crippen LogP contribution in [0.5, 0.6) is 0 Å². The van der Waals surface area contributed by atoms with Gasteiger partial charge in [-0.25, -0.2) is 17.2 Å². The Morgan fingerprint density at radius 1 is 1.12 bits per heavy atom. The molecule has 1 saturated heterocycles. The Bertz CT molecular complexity index is 1220. The van der Waals surface area contributed by atoms with Gasteiger partial charge in [-0.05, 0) is 43.2 Å². The largest absolute Gasteiger partial charge is 0.322 e. The lowest BCUT2D eigenvalue weighted by molar-refractivity contribution is -0.121. The molecule has 0 aliphatic carbocycles. The first kappa shape index (κ1) is 24.6. The van der Waals surface area contributed by atoms with Crippen LogP contribution in [0.2, 0.25) is 0 Å². The van der Waals surface area contributed by atoms with E-state index in [4.69, 9.17) is 0 Å². The van der Waals surface area contributed by atoms with E-state index in [0.717, 1.165) is 31.4 Å². The summed E-state index contributed by atoms with van der Waals surface area (Å²) < 4.78 is 55.0. The lowest BCUT2D eigenvalue weighted by Gasteiger charge is -2.27. The number of hydrogen-bond acceptors (Lipinski definition) is 5. The number of piperidine rings is 1. The number of nitrogens with zero attached hydrogens (tertiary/aromatic N) is 2. The third kappa shape index (κ3) is 5.26. The van der Waals surface area contributed by atoms with Gasteiger partial charge in [-0.15, -0.1) is 11.8 Å². The van der Waals surface area contributed by atoms with Crippen LogP contribution >= 0.6 is 11.8 Å². The minimum atomic E-state index is -3.75. The Balaban J connectivity index is 1.64. The minimum Gasteiger partial charge on any atom is -0.322 e. The molecule has 2 aromatic rings. The molecule has 2 aromatic carbocycles. The Hall–Kier alpha value is -2.50. The quantitative estimate of drug-likeness (QED) is 0.659. The fourth-order valence-electron chi connectivity index (χ4n) is 4.07. The zero-order valence-corrected chi connectivity index (χ0v) is 20.2. The van der Waals surface area contributed by atoms with Gasteiger partial charge in [-0.2, -0.15) is 4.31 Å². The minimum absolute atomic E-state index is 0.0612. The second-order valence-electron chi connectivity index (χ2n) is 8.38. The zero-order valence-electron chi connectivity index (χ0n) is 18.6. The van der Waals surface area contributed by atoms with Gasteiger partial charge in [-0.3, -0.25) is 9.59 Å². The molecule has 2 aliphatic heterocycles. The number of thioether (sulfide) groups is 1. The Labute approximate surface area is 201 Å². The van der Waals surface area contributed by atoms with Crippen LogP contribution in [0.15, 0.2) is 46.2 Å². The predicted octanol–water partition coefficient (Wildman–Crippen LogP) is 4.00. The first-order valence-corrected chi connectivity index (χ1v) is 13.3. The first-order chi connectivity index (χ1) is 16.1. The van der Waals surface area contributed by atoms with Gasteiger partial charge in [0, 0.05) is 35.7 Å². The molecule has 4 rings (SSSR count). The van der Waals surface area contributed by atoms with E-state index in [-0.39, 0.29) is 28.2 Å². The number of fused-ring (bicyclic) bond motifs is 1. The lowest BCUT2D eigenvalue weighted by atomic mass is 10.2. The summed E-state index contributed by atoms with van der Waals surface area (Å²) in [5, 5.41) is 2.27. The zero-order chi connectivity index (χ0) is 24.5. The van der Waals surface area contributed by atoms with Crippen molar-refractivity contribution in [1.29, 1.82) is 0 Å². The maximum Gasteiger partial charge on any atom is 0.244 e. The topological polar surface area (TPSA) is 86.8 Å². The summed E-state index contributed by atoms with van der Waals surface area (Å²) in [6.45, 7) is 2.32. The van der Waals surface area contributed by atoms with Gasteiger partial charge in [-0.1, -0.05) is 13.3 Å². The number of nitrogens with one attached hydrogen (secondary N) is 1. The molecule has 2 amide bonds. The van der Waals surface area contributed by atoms with Crippen LogP contribution < -0.4 is 10.2 Å². The van der Waals surface area contributed by atoms with Crippen molar-refractivity contribution in [2.45, 2.75) is 47.6 Å². The molecule has 182 valence electrons. The molecule has 7 nitrogen and oxygen atoms in total. The van der Waals surface area contributed by atoms with E-state index >= 15 is 0 Å². The molecule has 1 fully saturated rings. The fourth-order valence-corrected chi connectivity index (χ4v) is 6.70. The Morgan fingerprint density at radius 2 is 1.85 bits per heavy atom. The maximum absolute atomic E-state index is 14.0. The van der Waals surface area contributed by atoms with E-state index in [1.165, 1.54) is 33.1 Å². The highest BCUT2D eigenvalue weighted by atomic mass is 32.2. The summed E-state index contributed by atoms with van der Waals surface area (Å²) in [7, 11) is -3.75. The number of sulfonamides is 1. The highest BCUT2D eigenvalue weighted by Gasteiger charge is 2.32. The average Bonchev–Trinajstić information content (AvgIpc) is 2.91. The number of hydrogen-bond donors (Lipinski definition) is 1. The number of benzene rings is 2. The summed E-state index contributed by atoms with van der Waals surface area (Å²) in [6.07, 6.45) is 2.72. The van der Waals surface area contributed by atoms with Crippen LogP contribution in [0.4, 0.5) is 20.2 Å². The number of anilines is 2. The van der Waals surface area contributed by atoms with E-state index in [1.807, 2.05) is 6.92 Å². The Kier molecular flexibility index (Phi) is 7.25. The summed E-state index contributed by atoms with van der Waals surface area (Å²) >= 11 is 1.43. The molecule has 0 unspecified atom stereocenters. The van der Waals surface area contributed by atoms with E-state index < -0.39 is 34.1 Å². The van der Waals surface area contributed by atoms with Crippen molar-refractivity contribution < 1.29 is 26.8 Å². The molecular formula is C23H25F2N3O4S2. The van der Waals surface area contributed by atoms with Crippen molar-refractivity contribution in [1.82, 2.24) is 4.31 Å². The van der Waals surface area contributed by atoms with Crippen molar-refractivity contribution in [3.8, 4) is 0 Å². The third-order valence-corrected chi connectivity index (χ3v) is 8.84. The number of amides is 2. The molecule has 1 N–H and O–H groups in total. The fraction of sp³-hybridized carbons (Fsp3) is 0.391. The molecule has 0 saturated carbocycles. The second kappa shape index (κ2) is 10.0. The second-order valence-corrected chi connectivity index (χ2v) is 11.8. The van der Waals surface area contributed by atoms with Crippen molar-refractivity contribution in [3.63, 3.8) is 0 Å². The lowest BCUT2D eigenvalue weighted by Crippen LogP contribution is -2.39. The normalized spacial score (nSPS) is 19.4. The first-order valence-electron chi connectivity index (χ1n) is 11.0. The molecule has 0 aromatic heterocycles.